The maximum Gasteiger partial charge on any atom is 0.138 e. The molecule has 1 aliphatic heterocycles. The van der Waals surface area contributed by atoms with Crippen molar-refractivity contribution in [2.75, 3.05) is 6.54 Å². The Balaban J connectivity index is 0.00000110. The van der Waals surface area contributed by atoms with Gasteiger partial charge in [-0.2, -0.15) is 0 Å². The van der Waals surface area contributed by atoms with Gasteiger partial charge in [0.25, 0.3) is 0 Å². The van der Waals surface area contributed by atoms with E-state index in [0.717, 1.165) is 23.6 Å². The number of rotatable bonds is 4. The molecule has 0 spiro atoms. The highest BCUT2D eigenvalue weighted by Crippen LogP contribution is 2.24. The average molecular weight is 331 g/mol. The molecule has 1 N–H and O–H groups in total. The van der Waals surface area contributed by atoms with Crippen molar-refractivity contribution in [1.82, 2.24) is 10.3 Å². The van der Waals surface area contributed by atoms with Crippen molar-refractivity contribution in [3.05, 3.63) is 36.9 Å². The van der Waals surface area contributed by atoms with Crippen molar-refractivity contribution < 1.29 is 9.15 Å². The van der Waals surface area contributed by atoms with E-state index >= 15 is 0 Å². The summed E-state index contributed by atoms with van der Waals surface area (Å²) in [5.74, 6) is 1.60. The molecule has 116 valence electrons. The lowest BCUT2D eigenvalue weighted by Crippen LogP contribution is -2.36. The molecule has 4 nitrogen and oxygen atoms in total. The van der Waals surface area contributed by atoms with E-state index in [1.54, 1.807) is 18.7 Å². The monoisotopic (exact) mass is 330 g/mol. The molecular formula is C15H20Cl2N2O2. The van der Waals surface area contributed by atoms with Gasteiger partial charge in [0.2, 0.25) is 0 Å². The summed E-state index contributed by atoms with van der Waals surface area (Å²) in [5.41, 5.74) is 0.939. The summed E-state index contributed by atoms with van der Waals surface area (Å²) in [5, 5.41) is 3.45. The Morgan fingerprint density at radius 2 is 2.24 bits per heavy atom. The minimum Gasteiger partial charge on any atom is -0.487 e. The predicted octanol–water partition coefficient (Wildman–Crippen LogP) is 3.70. The first-order valence-electron chi connectivity index (χ1n) is 6.72. The first-order valence-corrected chi connectivity index (χ1v) is 6.72. The smallest absolute Gasteiger partial charge is 0.138 e. The minimum atomic E-state index is 0. The highest BCUT2D eigenvalue weighted by atomic mass is 35.5. The van der Waals surface area contributed by atoms with Crippen LogP contribution in [0.2, 0.25) is 0 Å². The van der Waals surface area contributed by atoms with E-state index in [4.69, 9.17) is 9.15 Å². The number of halogens is 2. The van der Waals surface area contributed by atoms with Crippen molar-refractivity contribution in [1.29, 1.82) is 0 Å². The third-order valence-electron chi connectivity index (χ3n) is 3.51. The number of hydrogen-bond acceptors (Lipinski definition) is 4. The van der Waals surface area contributed by atoms with Gasteiger partial charge in [-0.25, -0.2) is 0 Å². The second-order valence-electron chi connectivity index (χ2n) is 4.91. The number of ether oxygens (including phenoxy) is 1. The van der Waals surface area contributed by atoms with Gasteiger partial charge in [-0.1, -0.05) is 0 Å². The van der Waals surface area contributed by atoms with Crippen molar-refractivity contribution >= 4 is 24.8 Å². The first-order chi connectivity index (χ1) is 9.33. The van der Waals surface area contributed by atoms with Gasteiger partial charge in [0.1, 0.15) is 17.6 Å². The Labute approximate surface area is 137 Å². The standard InChI is InChI=1S/C15H18N2O2.2ClH/c1-11(14-4-2-6-17-14)19-13-8-12(9-16-10-13)15-5-3-7-18-15;;/h3,5,7-11,14,17H,2,4,6H2,1H3;2*1H/t11?,14-;;/m0../s1. The molecule has 0 saturated carbocycles. The van der Waals surface area contributed by atoms with E-state index in [1.165, 1.54) is 12.8 Å². The van der Waals surface area contributed by atoms with Crippen molar-refractivity contribution in [2.24, 2.45) is 0 Å². The highest BCUT2D eigenvalue weighted by molar-refractivity contribution is 5.85. The van der Waals surface area contributed by atoms with E-state index in [2.05, 4.69) is 17.2 Å². The summed E-state index contributed by atoms with van der Waals surface area (Å²) in [6.45, 7) is 3.19. The van der Waals surface area contributed by atoms with E-state index in [9.17, 15) is 0 Å². The molecule has 21 heavy (non-hydrogen) atoms. The number of pyridine rings is 1. The van der Waals surface area contributed by atoms with Crippen LogP contribution in [0, 0.1) is 0 Å². The minimum absolute atomic E-state index is 0. The summed E-state index contributed by atoms with van der Waals surface area (Å²) in [7, 11) is 0. The highest BCUT2D eigenvalue weighted by Gasteiger charge is 2.22. The molecular weight excluding hydrogens is 311 g/mol. The van der Waals surface area contributed by atoms with E-state index < -0.39 is 0 Å². The van der Waals surface area contributed by atoms with Crippen LogP contribution in [0.15, 0.2) is 41.3 Å². The third-order valence-corrected chi connectivity index (χ3v) is 3.51. The number of nitrogens with one attached hydrogen (secondary N) is 1. The van der Waals surface area contributed by atoms with Crippen LogP contribution in [0.3, 0.4) is 0 Å². The fourth-order valence-corrected chi connectivity index (χ4v) is 2.47. The number of aromatic nitrogens is 1. The molecule has 3 heterocycles. The van der Waals surface area contributed by atoms with E-state index in [1.807, 2.05) is 18.2 Å². The molecule has 1 aliphatic rings. The van der Waals surface area contributed by atoms with Crippen LogP contribution in [-0.4, -0.2) is 23.7 Å². The molecule has 6 heteroatoms. The maximum atomic E-state index is 5.97. The van der Waals surface area contributed by atoms with Crippen molar-refractivity contribution in [3.8, 4) is 17.1 Å². The molecule has 3 rings (SSSR count). The van der Waals surface area contributed by atoms with Crippen LogP contribution in [-0.2, 0) is 0 Å². The summed E-state index contributed by atoms with van der Waals surface area (Å²) >= 11 is 0. The van der Waals surface area contributed by atoms with Gasteiger partial charge in [-0.15, -0.1) is 24.8 Å². The van der Waals surface area contributed by atoms with Crippen LogP contribution in [0.5, 0.6) is 5.75 Å². The van der Waals surface area contributed by atoms with Crippen LogP contribution in [0.1, 0.15) is 19.8 Å². The molecule has 0 aromatic carbocycles. The molecule has 2 atom stereocenters. The van der Waals surface area contributed by atoms with Crippen LogP contribution in [0.25, 0.3) is 11.3 Å². The fourth-order valence-electron chi connectivity index (χ4n) is 2.47. The Bertz CT molecular complexity index is 528. The molecule has 1 fully saturated rings. The topological polar surface area (TPSA) is 47.3 Å². The number of hydrogen-bond donors (Lipinski definition) is 1. The van der Waals surface area contributed by atoms with Gasteiger partial charge in [-0.3, -0.25) is 4.98 Å². The van der Waals surface area contributed by atoms with Gasteiger partial charge < -0.3 is 14.5 Å². The Morgan fingerprint density at radius 3 is 2.90 bits per heavy atom. The maximum absolute atomic E-state index is 5.97. The molecule has 0 radical (unpaired) electrons. The molecule has 2 aromatic heterocycles. The predicted molar refractivity (Wildman–Crippen MR) is 87.5 cm³/mol. The SMILES string of the molecule is CC(Oc1cncc(-c2ccco2)c1)[C@@H]1CCCN1.Cl.Cl. The first kappa shape index (κ1) is 17.8. The second kappa shape index (κ2) is 8.27. The quantitative estimate of drug-likeness (QED) is 0.928. The lowest BCUT2D eigenvalue weighted by molar-refractivity contribution is 0.179. The zero-order valence-corrected chi connectivity index (χ0v) is 13.5. The van der Waals surface area contributed by atoms with Gasteiger partial charge in [0.15, 0.2) is 0 Å². The summed E-state index contributed by atoms with van der Waals surface area (Å²) in [6.07, 6.45) is 7.74. The van der Waals surface area contributed by atoms with E-state index in [-0.39, 0.29) is 30.9 Å². The molecule has 1 saturated heterocycles. The van der Waals surface area contributed by atoms with Crippen molar-refractivity contribution in [3.63, 3.8) is 0 Å². The molecule has 0 aliphatic carbocycles. The van der Waals surface area contributed by atoms with Crippen molar-refractivity contribution in [2.45, 2.75) is 31.9 Å². The third kappa shape index (κ3) is 4.37. The average Bonchev–Trinajstić information content (AvgIpc) is 3.13. The van der Waals surface area contributed by atoms with Gasteiger partial charge in [0, 0.05) is 17.8 Å². The zero-order valence-electron chi connectivity index (χ0n) is 11.8. The lowest BCUT2D eigenvalue weighted by Gasteiger charge is -2.21. The molecule has 0 bridgehead atoms. The summed E-state index contributed by atoms with van der Waals surface area (Å²) < 4.78 is 11.3. The molecule has 0 amide bonds. The Hall–Kier alpha value is -1.23. The van der Waals surface area contributed by atoms with Gasteiger partial charge in [0.05, 0.1) is 12.5 Å². The number of furan rings is 1. The largest absolute Gasteiger partial charge is 0.487 e. The molecule has 1 unspecified atom stereocenters. The lowest BCUT2D eigenvalue weighted by atomic mass is 10.1. The van der Waals surface area contributed by atoms with Crippen LogP contribution < -0.4 is 10.1 Å². The van der Waals surface area contributed by atoms with E-state index in [0.29, 0.717) is 6.04 Å². The Kier molecular flexibility index (Phi) is 7.02. The van der Waals surface area contributed by atoms with Gasteiger partial charge in [-0.05, 0) is 44.5 Å². The fraction of sp³-hybridized carbons (Fsp3) is 0.400. The number of nitrogens with zero attached hydrogens (tertiary/aromatic N) is 1. The van der Waals surface area contributed by atoms with Crippen LogP contribution >= 0.6 is 24.8 Å². The Morgan fingerprint density at radius 1 is 1.38 bits per heavy atom. The summed E-state index contributed by atoms with van der Waals surface area (Å²) in [6, 6.07) is 6.20. The normalized spacial score (nSPS) is 18.4. The second-order valence-corrected chi connectivity index (χ2v) is 4.91. The summed E-state index contributed by atoms with van der Waals surface area (Å²) in [4.78, 5) is 4.21. The van der Waals surface area contributed by atoms with Gasteiger partial charge >= 0.3 is 0 Å². The molecule has 2 aromatic rings. The van der Waals surface area contributed by atoms with Crippen LogP contribution in [0.4, 0.5) is 0 Å². The zero-order chi connectivity index (χ0) is 13.1.